The van der Waals surface area contributed by atoms with E-state index >= 15 is 0 Å². The first-order valence-corrected chi connectivity index (χ1v) is 6.48. The number of rotatable bonds is 2. The maximum atomic E-state index is 11.9. The lowest BCUT2D eigenvalue weighted by molar-refractivity contribution is -0.151. The van der Waals surface area contributed by atoms with Crippen molar-refractivity contribution in [3.63, 3.8) is 0 Å². The summed E-state index contributed by atoms with van der Waals surface area (Å²) in [4.78, 5) is 23.1. The zero-order valence-electron chi connectivity index (χ0n) is 12.1. The Balaban J connectivity index is 2.05. The Kier molecular flexibility index (Phi) is 3.66. The van der Waals surface area contributed by atoms with Crippen molar-refractivity contribution in [2.24, 2.45) is 0 Å². The number of hydrogen-bond acceptors (Lipinski definition) is 4. The fourth-order valence-electron chi connectivity index (χ4n) is 1.84. The average molecular weight is 274 g/mol. The zero-order valence-corrected chi connectivity index (χ0v) is 12.1. The summed E-state index contributed by atoms with van der Waals surface area (Å²) in [6.07, 6.45) is 0.571. The summed E-state index contributed by atoms with van der Waals surface area (Å²) in [6.45, 7) is 7.93. The monoisotopic (exact) mass is 274 g/mol. The summed E-state index contributed by atoms with van der Waals surface area (Å²) in [5.41, 5.74) is 2.05. The predicted molar refractivity (Wildman–Crippen MR) is 74.2 cm³/mol. The molecule has 1 unspecified atom stereocenters. The SMILES string of the molecule is CC1=CC(OC(=O)c2ccc(C(C)(C)C)cc2)OC1=O. The number of cyclic esters (lactones) is 1. The van der Waals surface area contributed by atoms with Gasteiger partial charge in [-0.2, -0.15) is 0 Å². The lowest BCUT2D eigenvalue weighted by Gasteiger charge is -2.19. The molecular weight excluding hydrogens is 256 g/mol. The van der Waals surface area contributed by atoms with Gasteiger partial charge in [0, 0.05) is 11.6 Å². The summed E-state index contributed by atoms with van der Waals surface area (Å²) in [5.74, 6) is -0.958. The average Bonchev–Trinajstić information content (AvgIpc) is 2.67. The number of benzene rings is 1. The van der Waals surface area contributed by atoms with Gasteiger partial charge in [0.25, 0.3) is 6.29 Å². The van der Waals surface area contributed by atoms with Gasteiger partial charge in [-0.25, -0.2) is 9.59 Å². The molecule has 1 aliphatic rings. The zero-order chi connectivity index (χ0) is 14.9. The third-order valence-corrected chi connectivity index (χ3v) is 3.14. The molecule has 0 aromatic heterocycles. The second-order valence-corrected chi connectivity index (χ2v) is 5.86. The summed E-state index contributed by atoms with van der Waals surface area (Å²) in [5, 5.41) is 0. The lowest BCUT2D eigenvalue weighted by Crippen LogP contribution is -2.18. The number of carbonyl (C=O) groups is 2. The molecule has 0 aliphatic carbocycles. The van der Waals surface area contributed by atoms with Crippen molar-refractivity contribution in [1.82, 2.24) is 0 Å². The van der Waals surface area contributed by atoms with E-state index in [1.54, 1.807) is 19.1 Å². The molecule has 2 rings (SSSR count). The van der Waals surface area contributed by atoms with Gasteiger partial charge < -0.3 is 9.47 Å². The molecule has 0 amide bonds. The topological polar surface area (TPSA) is 52.6 Å². The molecule has 20 heavy (non-hydrogen) atoms. The Morgan fingerprint density at radius 3 is 2.25 bits per heavy atom. The van der Waals surface area contributed by atoms with Gasteiger partial charge in [0.05, 0.1) is 5.56 Å². The van der Waals surface area contributed by atoms with E-state index in [9.17, 15) is 9.59 Å². The van der Waals surface area contributed by atoms with Crippen LogP contribution in [0.1, 0.15) is 43.6 Å². The third kappa shape index (κ3) is 3.07. The first-order valence-electron chi connectivity index (χ1n) is 6.48. The van der Waals surface area contributed by atoms with E-state index in [-0.39, 0.29) is 5.41 Å². The molecule has 0 N–H and O–H groups in total. The predicted octanol–water partition coefficient (Wildman–Crippen LogP) is 2.97. The normalized spacial score (nSPS) is 18.5. The van der Waals surface area contributed by atoms with Crippen LogP contribution in [0, 0.1) is 0 Å². The van der Waals surface area contributed by atoms with Crippen molar-refractivity contribution in [1.29, 1.82) is 0 Å². The minimum Gasteiger partial charge on any atom is -0.418 e. The Morgan fingerprint density at radius 2 is 1.80 bits per heavy atom. The number of esters is 2. The summed E-state index contributed by atoms with van der Waals surface area (Å²) < 4.78 is 9.97. The van der Waals surface area contributed by atoms with Crippen LogP contribution in [-0.4, -0.2) is 18.2 Å². The molecule has 4 nitrogen and oxygen atoms in total. The van der Waals surface area contributed by atoms with Crippen LogP contribution in [0.3, 0.4) is 0 Å². The molecular formula is C16H18O4. The molecule has 1 aromatic rings. The maximum absolute atomic E-state index is 11.9. The van der Waals surface area contributed by atoms with E-state index < -0.39 is 18.2 Å². The van der Waals surface area contributed by atoms with Gasteiger partial charge >= 0.3 is 11.9 Å². The highest BCUT2D eigenvalue weighted by Crippen LogP contribution is 2.23. The Morgan fingerprint density at radius 1 is 1.20 bits per heavy atom. The van der Waals surface area contributed by atoms with E-state index in [0.29, 0.717) is 11.1 Å². The second kappa shape index (κ2) is 5.12. The molecule has 1 aliphatic heterocycles. The molecule has 1 heterocycles. The van der Waals surface area contributed by atoms with Crippen LogP contribution < -0.4 is 0 Å². The van der Waals surface area contributed by atoms with Crippen molar-refractivity contribution < 1.29 is 19.1 Å². The first-order chi connectivity index (χ1) is 9.27. The van der Waals surface area contributed by atoms with Crippen molar-refractivity contribution in [2.75, 3.05) is 0 Å². The van der Waals surface area contributed by atoms with Crippen LogP contribution in [0.25, 0.3) is 0 Å². The quantitative estimate of drug-likeness (QED) is 0.778. The molecule has 0 radical (unpaired) electrons. The molecule has 1 atom stereocenters. The van der Waals surface area contributed by atoms with Crippen LogP contribution in [0.5, 0.6) is 0 Å². The van der Waals surface area contributed by atoms with Gasteiger partial charge in [0.1, 0.15) is 0 Å². The largest absolute Gasteiger partial charge is 0.418 e. The van der Waals surface area contributed by atoms with E-state index in [4.69, 9.17) is 9.47 Å². The maximum Gasteiger partial charge on any atom is 0.341 e. The van der Waals surface area contributed by atoms with Crippen molar-refractivity contribution in [3.8, 4) is 0 Å². The highest BCUT2D eigenvalue weighted by molar-refractivity contribution is 5.92. The minimum atomic E-state index is -0.919. The van der Waals surface area contributed by atoms with Crippen LogP contribution >= 0.6 is 0 Å². The highest BCUT2D eigenvalue weighted by atomic mass is 16.7. The standard InChI is InChI=1S/C16H18O4/c1-10-9-13(19-14(10)17)20-15(18)11-5-7-12(8-6-11)16(2,3)4/h5-9,13H,1-4H3. The van der Waals surface area contributed by atoms with E-state index in [0.717, 1.165) is 5.56 Å². The molecule has 0 saturated carbocycles. The second-order valence-electron chi connectivity index (χ2n) is 5.86. The Bertz CT molecular complexity index is 561. The molecule has 1 aromatic carbocycles. The molecule has 0 spiro atoms. The van der Waals surface area contributed by atoms with Gasteiger partial charge in [-0.1, -0.05) is 32.9 Å². The molecule has 0 bridgehead atoms. The smallest absolute Gasteiger partial charge is 0.341 e. The number of hydrogen-bond donors (Lipinski definition) is 0. The molecule has 106 valence electrons. The molecule has 0 saturated heterocycles. The number of ether oxygens (including phenoxy) is 2. The summed E-state index contributed by atoms with van der Waals surface area (Å²) in [6, 6.07) is 7.24. The molecule has 0 fully saturated rings. The fraction of sp³-hybridized carbons (Fsp3) is 0.375. The van der Waals surface area contributed by atoms with Gasteiger partial charge in [0.15, 0.2) is 0 Å². The van der Waals surface area contributed by atoms with E-state index in [1.165, 1.54) is 6.08 Å². The Labute approximate surface area is 118 Å². The molecule has 4 heteroatoms. The van der Waals surface area contributed by atoms with Gasteiger partial charge in [-0.05, 0) is 30.0 Å². The van der Waals surface area contributed by atoms with E-state index in [2.05, 4.69) is 20.8 Å². The number of carbonyl (C=O) groups excluding carboxylic acids is 2. The van der Waals surface area contributed by atoms with Crippen molar-refractivity contribution in [3.05, 3.63) is 47.0 Å². The van der Waals surface area contributed by atoms with Crippen molar-refractivity contribution >= 4 is 11.9 Å². The summed E-state index contributed by atoms with van der Waals surface area (Å²) in [7, 11) is 0. The van der Waals surface area contributed by atoms with Gasteiger partial charge in [-0.3, -0.25) is 0 Å². The van der Waals surface area contributed by atoms with Crippen LogP contribution in [-0.2, 0) is 19.7 Å². The Hall–Kier alpha value is -2.10. The van der Waals surface area contributed by atoms with Crippen LogP contribution in [0.4, 0.5) is 0 Å². The third-order valence-electron chi connectivity index (χ3n) is 3.14. The van der Waals surface area contributed by atoms with Gasteiger partial charge in [0.2, 0.25) is 0 Å². The van der Waals surface area contributed by atoms with Crippen LogP contribution in [0.15, 0.2) is 35.9 Å². The summed E-state index contributed by atoms with van der Waals surface area (Å²) >= 11 is 0. The lowest BCUT2D eigenvalue weighted by atomic mass is 9.87. The van der Waals surface area contributed by atoms with Crippen molar-refractivity contribution in [2.45, 2.75) is 39.4 Å². The van der Waals surface area contributed by atoms with Crippen LogP contribution in [0.2, 0.25) is 0 Å². The fourth-order valence-corrected chi connectivity index (χ4v) is 1.84. The van der Waals surface area contributed by atoms with E-state index in [1.807, 2.05) is 12.1 Å². The first kappa shape index (κ1) is 14.3. The highest BCUT2D eigenvalue weighted by Gasteiger charge is 2.26. The van der Waals surface area contributed by atoms with Gasteiger partial charge in [-0.15, -0.1) is 0 Å². The minimum absolute atomic E-state index is 0.0310.